The molecule has 3 rings (SSSR count). The third kappa shape index (κ3) is 2.82. The first-order valence-electron chi connectivity index (χ1n) is 7.39. The van der Waals surface area contributed by atoms with Gasteiger partial charge in [0.1, 0.15) is 0 Å². The molecule has 3 aliphatic rings. The second-order valence-corrected chi connectivity index (χ2v) is 8.29. The Morgan fingerprint density at radius 3 is 2.74 bits per heavy atom. The molecule has 2 heterocycles. The second kappa shape index (κ2) is 5.31. The first-order valence-corrected chi connectivity index (χ1v) is 9.00. The molecule has 0 radical (unpaired) electrons. The number of ether oxygens (including phenoxy) is 1. The van der Waals surface area contributed by atoms with E-state index in [1.165, 1.54) is 6.42 Å². The third-order valence-electron chi connectivity index (χ3n) is 4.92. The summed E-state index contributed by atoms with van der Waals surface area (Å²) < 4.78 is 32.1. The first kappa shape index (κ1) is 13.8. The second-order valence-electron chi connectivity index (χ2n) is 6.32. The van der Waals surface area contributed by atoms with Gasteiger partial charge in [-0.1, -0.05) is 0 Å². The van der Waals surface area contributed by atoms with Crippen molar-refractivity contribution in [3.63, 3.8) is 0 Å². The smallest absolute Gasteiger partial charge is 0.215 e. The average Bonchev–Trinajstić information content (AvgIpc) is 3.02. The van der Waals surface area contributed by atoms with Gasteiger partial charge in [0.15, 0.2) is 0 Å². The van der Waals surface area contributed by atoms with E-state index in [9.17, 15) is 8.42 Å². The molecule has 3 fully saturated rings. The number of nitrogens with zero attached hydrogens (tertiary/aromatic N) is 1. The van der Waals surface area contributed by atoms with Gasteiger partial charge in [0, 0.05) is 25.2 Å². The zero-order chi connectivity index (χ0) is 13.5. The zero-order valence-electron chi connectivity index (χ0n) is 11.3. The molecule has 2 aliphatic heterocycles. The largest absolute Gasteiger partial charge is 0.381 e. The third-order valence-corrected chi connectivity index (χ3v) is 6.89. The summed E-state index contributed by atoms with van der Waals surface area (Å²) in [5.74, 6) is 0.877. The summed E-state index contributed by atoms with van der Waals surface area (Å²) >= 11 is 0. The van der Waals surface area contributed by atoms with Crippen molar-refractivity contribution in [2.75, 3.05) is 25.5 Å². The molecule has 2 bridgehead atoms. The van der Waals surface area contributed by atoms with Crippen LogP contribution in [-0.2, 0) is 14.8 Å². The number of piperidine rings is 1. The lowest BCUT2D eigenvalue weighted by Crippen LogP contribution is -2.47. The number of rotatable bonds is 4. The maximum Gasteiger partial charge on any atom is 0.215 e. The molecule has 0 aromatic heterocycles. The van der Waals surface area contributed by atoms with Crippen molar-refractivity contribution in [2.24, 2.45) is 17.6 Å². The summed E-state index contributed by atoms with van der Waals surface area (Å²) in [6.07, 6.45) is 5.27. The molecule has 0 aromatic rings. The van der Waals surface area contributed by atoms with Crippen LogP contribution in [0.5, 0.6) is 0 Å². The average molecular weight is 288 g/mol. The Balaban J connectivity index is 1.61. The molecule has 0 amide bonds. The van der Waals surface area contributed by atoms with E-state index in [1.54, 1.807) is 4.31 Å². The molecule has 19 heavy (non-hydrogen) atoms. The Bertz CT molecular complexity index is 420. The van der Waals surface area contributed by atoms with Crippen LogP contribution in [0.2, 0.25) is 0 Å². The van der Waals surface area contributed by atoms with Crippen LogP contribution in [0, 0.1) is 11.8 Å². The molecule has 0 spiro atoms. The van der Waals surface area contributed by atoms with Gasteiger partial charge in [0.2, 0.25) is 10.0 Å². The predicted octanol–water partition coefficient (Wildman–Crippen LogP) is 0.554. The monoisotopic (exact) mass is 288 g/mol. The van der Waals surface area contributed by atoms with Crippen molar-refractivity contribution < 1.29 is 13.2 Å². The molecule has 4 atom stereocenters. The van der Waals surface area contributed by atoms with E-state index in [-0.39, 0.29) is 23.8 Å². The first-order chi connectivity index (χ1) is 9.06. The number of nitrogens with two attached hydrogens (primary N) is 1. The van der Waals surface area contributed by atoms with E-state index in [4.69, 9.17) is 10.5 Å². The lowest BCUT2D eigenvalue weighted by atomic mass is 9.96. The van der Waals surface area contributed by atoms with Gasteiger partial charge < -0.3 is 10.5 Å². The summed E-state index contributed by atoms with van der Waals surface area (Å²) in [6.45, 7) is 2.12. The van der Waals surface area contributed by atoms with Crippen molar-refractivity contribution in [3.8, 4) is 0 Å². The molecule has 4 unspecified atom stereocenters. The summed E-state index contributed by atoms with van der Waals surface area (Å²) in [5.41, 5.74) is 6.11. The summed E-state index contributed by atoms with van der Waals surface area (Å²) in [5, 5.41) is 0. The fourth-order valence-electron chi connectivity index (χ4n) is 3.80. The maximum atomic E-state index is 12.5. The van der Waals surface area contributed by atoms with Crippen molar-refractivity contribution in [2.45, 2.75) is 44.2 Å². The molecular weight excluding hydrogens is 264 g/mol. The van der Waals surface area contributed by atoms with E-state index in [2.05, 4.69) is 0 Å². The summed E-state index contributed by atoms with van der Waals surface area (Å²) in [7, 11) is -3.19. The van der Waals surface area contributed by atoms with Crippen LogP contribution in [0.4, 0.5) is 0 Å². The molecule has 1 aliphatic carbocycles. The highest BCUT2D eigenvalue weighted by Gasteiger charge is 2.44. The number of fused-ring (bicyclic) bond motifs is 2. The molecular formula is C13H24N2O3S. The van der Waals surface area contributed by atoms with Crippen LogP contribution in [-0.4, -0.2) is 50.3 Å². The van der Waals surface area contributed by atoms with Crippen LogP contribution >= 0.6 is 0 Å². The highest BCUT2D eigenvalue weighted by molar-refractivity contribution is 7.89. The van der Waals surface area contributed by atoms with Gasteiger partial charge in [-0.3, -0.25) is 0 Å². The lowest BCUT2D eigenvalue weighted by Gasteiger charge is -2.31. The Labute approximate surface area is 115 Å². The predicted molar refractivity (Wildman–Crippen MR) is 73.1 cm³/mol. The Kier molecular flexibility index (Phi) is 3.86. The standard InChI is InChI=1S/C13H24N2O3S/c14-13(11-2-1-5-18-8-11)9-19(16,17)15-7-10-3-4-12(15)6-10/h10-13H,1-9,14H2. The van der Waals surface area contributed by atoms with Gasteiger partial charge in [0.05, 0.1) is 12.4 Å². The van der Waals surface area contributed by atoms with Crippen LogP contribution in [0.15, 0.2) is 0 Å². The molecule has 1 saturated carbocycles. The fraction of sp³-hybridized carbons (Fsp3) is 1.00. The molecule has 2 N–H and O–H groups in total. The van der Waals surface area contributed by atoms with E-state index in [0.29, 0.717) is 12.5 Å². The maximum absolute atomic E-state index is 12.5. The molecule has 2 saturated heterocycles. The SMILES string of the molecule is NC(CS(=O)(=O)N1CC2CCC1C2)C1CCCOC1. The van der Waals surface area contributed by atoms with Crippen molar-refractivity contribution >= 4 is 10.0 Å². The van der Waals surface area contributed by atoms with Gasteiger partial charge >= 0.3 is 0 Å². The van der Waals surface area contributed by atoms with E-state index in [1.807, 2.05) is 0 Å². The quantitative estimate of drug-likeness (QED) is 0.820. The van der Waals surface area contributed by atoms with Crippen LogP contribution in [0.1, 0.15) is 32.1 Å². The molecule has 5 nitrogen and oxygen atoms in total. The minimum Gasteiger partial charge on any atom is -0.381 e. The number of hydrogen-bond donors (Lipinski definition) is 1. The van der Waals surface area contributed by atoms with Gasteiger partial charge in [0.25, 0.3) is 0 Å². The van der Waals surface area contributed by atoms with Gasteiger partial charge in [-0.2, -0.15) is 4.31 Å². The summed E-state index contributed by atoms with van der Waals surface area (Å²) in [4.78, 5) is 0. The molecule has 6 heteroatoms. The number of hydrogen-bond acceptors (Lipinski definition) is 4. The van der Waals surface area contributed by atoms with E-state index >= 15 is 0 Å². The Morgan fingerprint density at radius 2 is 2.16 bits per heavy atom. The van der Waals surface area contributed by atoms with Crippen LogP contribution in [0.25, 0.3) is 0 Å². The highest BCUT2D eigenvalue weighted by atomic mass is 32.2. The minimum absolute atomic E-state index is 0.0875. The van der Waals surface area contributed by atoms with Crippen molar-refractivity contribution in [1.82, 2.24) is 4.31 Å². The normalized spacial score (nSPS) is 37.6. The lowest BCUT2D eigenvalue weighted by molar-refractivity contribution is 0.0475. The van der Waals surface area contributed by atoms with Crippen LogP contribution in [0.3, 0.4) is 0 Å². The Morgan fingerprint density at radius 1 is 1.32 bits per heavy atom. The molecule has 110 valence electrons. The fourth-order valence-corrected chi connectivity index (χ4v) is 5.83. The minimum atomic E-state index is -3.19. The number of sulfonamides is 1. The molecule has 0 aromatic carbocycles. The van der Waals surface area contributed by atoms with E-state index < -0.39 is 10.0 Å². The van der Waals surface area contributed by atoms with Gasteiger partial charge in [-0.05, 0) is 43.9 Å². The van der Waals surface area contributed by atoms with Crippen LogP contribution < -0.4 is 5.73 Å². The topological polar surface area (TPSA) is 72.6 Å². The van der Waals surface area contributed by atoms with Gasteiger partial charge in [-0.15, -0.1) is 0 Å². The van der Waals surface area contributed by atoms with Crippen molar-refractivity contribution in [3.05, 3.63) is 0 Å². The summed E-state index contributed by atoms with van der Waals surface area (Å²) in [6, 6.07) is -0.0331. The highest BCUT2D eigenvalue weighted by Crippen LogP contribution is 2.39. The van der Waals surface area contributed by atoms with E-state index in [0.717, 1.165) is 38.8 Å². The zero-order valence-corrected chi connectivity index (χ0v) is 12.1. The van der Waals surface area contributed by atoms with Crippen molar-refractivity contribution in [1.29, 1.82) is 0 Å². The Hall–Kier alpha value is -0.170. The van der Waals surface area contributed by atoms with Gasteiger partial charge in [-0.25, -0.2) is 8.42 Å².